The highest BCUT2D eigenvalue weighted by Crippen LogP contribution is 2.29. The Kier molecular flexibility index (Phi) is 5.92. The van der Waals surface area contributed by atoms with Gasteiger partial charge >= 0.3 is 5.97 Å². The Balaban J connectivity index is 2.02. The summed E-state index contributed by atoms with van der Waals surface area (Å²) in [6.45, 7) is 3.71. The molecule has 8 nitrogen and oxygen atoms in total. The minimum absolute atomic E-state index is 0.249. The molecule has 0 spiro atoms. The van der Waals surface area contributed by atoms with Crippen molar-refractivity contribution in [1.29, 1.82) is 0 Å². The topological polar surface area (TPSA) is 91.8 Å². The van der Waals surface area contributed by atoms with Crippen molar-refractivity contribution in [3.05, 3.63) is 66.1 Å². The van der Waals surface area contributed by atoms with Crippen molar-refractivity contribution in [3.63, 3.8) is 0 Å². The Hall–Kier alpha value is -3.68. The van der Waals surface area contributed by atoms with Gasteiger partial charge in [-0.1, -0.05) is 12.1 Å². The fourth-order valence-electron chi connectivity index (χ4n) is 3.12. The van der Waals surface area contributed by atoms with Crippen LogP contribution in [-0.2, 0) is 14.3 Å². The first kappa shape index (κ1) is 20.1. The highest BCUT2D eigenvalue weighted by atomic mass is 16.5. The van der Waals surface area contributed by atoms with Gasteiger partial charge in [0.05, 0.1) is 24.1 Å². The molecule has 3 rings (SSSR count). The zero-order valence-electron chi connectivity index (χ0n) is 16.5. The number of esters is 1. The van der Waals surface area contributed by atoms with Gasteiger partial charge in [-0.05, 0) is 36.8 Å². The van der Waals surface area contributed by atoms with Crippen LogP contribution < -0.4 is 5.32 Å². The molecule has 0 saturated heterocycles. The van der Waals surface area contributed by atoms with Crippen LogP contribution in [0.25, 0.3) is 5.70 Å². The first-order chi connectivity index (χ1) is 14.0. The third-order valence-electron chi connectivity index (χ3n) is 4.56. The van der Waals surface area contributed by atoms with E-state index < -0.39 is 12.1 Å². The lowest BCUT2D eigenvalue weighted by Crippen LogP contribution is -2.55. The van der Waals surface area contributed by atoms with Gasteiger partial charge in [-0.2, -0.15) is 0 Å². The number of benzene rings is 1. The fourth-order valence-corrected chi connectivity index (χ4v) is 3.12. The Morgan fingerprint density at radius 2 is 1.93 bits per heavy atom. The van der Waals surface area contributed by atoms with E-state index in [1.165, 1.54) is 18.9 Å². The summed E-state index contributed by atoms with van der Waals surface area (Å²) >= 11 is 0. The summed E-state index contributed by atoms with van der Waals surface area (Å²) in [4.78, 5) is 44.2. The first-order valence-corrected chi connectivity index (χ1v) is 9.13. The molecule has 1 atom stereocenters. The molecule has 2 amide bonds. The largest absolute Gasteiger partial charge is 0.465 e. The summed E-state index contributed by atoms with van der Waals surface area (Å²) in [5, 5.41) is 3.10. The number of rotatable bonds is 5. The van der Waals surface area contributed by atoms with Gasteiger partial charge in [-0.15, -0.1) is 0 Å². The van der Waals surface area contributed by atoms with Crippen molar-refractivity contribution in [3.8, 4) is 0 Å². The van der Waals surface area contributed by atoms with Crippen molar-refractivity contribution in [2.75, 3.05) is 19.0 Å². The van der Waals surface area contributed by atoms with Crippen molar-refractivity contribution in [2.45, 2.75) is 20.0 Å². The molecule has 2 heterocycles. The van der Waals surface area contributed by atoms with Gasteiger partial charge in [0.2, 0.25) is 5.91 Å². The van der Waals surface area contributed by atoms with Crippen molar-refractivity contribution < 1.29 is 19.1 Å². The van der Waals surface area contributed by atoms with Crippen LogP contribution >= 0.6 is 0 Å². The van der Waals surface area contributed by atoms with E-state index in [1.807, 2.05) is 6.92 Å². The Labute approximate surface area is 168 Å². The number of methoxy groups -OCH3 is 1. The molecular weight excluding hydrogens is 372 g/mol. The van der Waals surface area contributed by atoms with E-state index in [4.69, 9.17) is 4.74 Å². The van der Waals surface area contributed by atoms with Crippen molar-refractivity contribution >= 4 is 29.2 Å². The van der Waals surface area contributed by atoms with Gasteiger partial charge < -0.3 is 15.0 Å². The quantitative estimate of drug-likeness (QED) is 0.783. The number of hydrogen-bond acceptors (Lipinski definition) is 6. The number of pyridine rings is 1. The van der Waals surface area contributed by atoms with Crippen molar-refractivity contribution in [2.24, 2.45) is 0 Å². The van der Waals surface area contributed by atoms with Gasteiger partial charge in [-0.3, -0.25) is 19.5 Å². The van der Waals surface area contributed by atoms with Gasteiger partial charge in [-0.25, -0.2) is 4.79 Å². The average molecular weight is 394 g/mol. The monoisotopic (exact) mass is 394 g/mol. The van der Waals surface area contributed by atoms with Crippen LogP contribution in [0.1, 0.15) is 29.8 Å². The summed E-state index contributed by atoms with van der Waals surface area (Å²) in [5.41, 5.74) is 2.26. The molecule has 1 unspecified atom stereocenters. The van der Waals surface area contributed by atoms with E-state index in [0.29, 0.717) is 29.1 Å². The number of nitrogens with one attached hydrogen (secondary N) is 1. The van der Waals surface area contributed by atoms with Crippen LogP contribution in [0.4, 0.5) is 5.69 Å². The second-order valence-corrected chi connectivity index (χ2v) is 6.39. The van der Waals surface area contributed by atoms with E-state index in [2.05, 4.69) is 10.3 Å². The van der Waals surface area contributed by atoms with Crippen LogP contribution in [0.5, 0.6) is 0 Å². The van der Waals surface area contributed by atoms with E-state index >= 15 is 0 Å². The molecule has 0 bridgehead atoms. The van der Waals surface area contributed by atoms with E-state index in [0.717, 1.165) is 0 Å². The van der Waals surface area contributed by atoms with Gasteiger partial charge in [0.15, 0.2) is 6.17 Å². The van der Waals surface area contributed by atoms with Crippen LogP contribution in [0, 0.1) is 0 Å². The number of anilines is 1. The van der Waals surface area contributed by atoms with E-state index in [-0.39, 0.29) is 11.8 Å². The lowest BCUT2D eigenvalue weighted by atomic mass is 10.1. The molecule has 29 heavy (non-hydrogen) atoms. The lowest BCUT2D eigenvalue weighted by molar-refractivity contribution is -0.140. The van der Waals surface area contributed by atoms with Crippen molar-refractivity contribution in [1.82, 2.24) is 14.8 Å². The summed E-state index contributed by atoms with van der Waals surface area (Å²) < 4.78 is 4.73. The Morgan fingerprint density at radius 1 is 1.21 bits per heavy atom. The summed E-state index contributed by atoms with van der Waals surface area (Å²) in [6.07, 6.45) is 3.95. The van der Waals surface area contributed by atoms with Gasteiger partial charge in [0.25, 0.3) is 5.91 Å². The summed E-state index contributed by atoms with van der Waals surface area (Å²) in [6, 6.07) is 10.2. The molecule has 0 radical (unpaired) electrons. The summed E-state index contributed by atoms with van der Waals surface area (Å²) in [7, 11) is 1.32. The number of aromatic nitrogens is 1. The second-order valence-electron chi connectivity index (χ2n) is 6.39. The molecule has 1 N–H and O–H groups in total. The maximum atomic E-state index is 13.0. The van der Waals surface area contributed by atoms with Crippen LogP contribution in [0.2, 0.25) is 0 Å². The third-order valence-corrected chi connectivity index (χ3v) is 4.56. The van der Waals surface area contributed by atoms with Crippen LogP contribution in [0.3, 0.4) is 0 Å². The maximum absolute atomic E-state index is 13.0. The highest BCUT2D eigenvalue weighted by Gasteiger charge is 2.38. The van der Waals surface area contributed by atoms with Crippen LogP contribution in [0.15, 0.2) is 55.0 Å². The van der Waals surface area contributed by atoms with E-state index in [9.17, 15) is 14.4 Å². The molecule has 150 valence electrons. The molecular formula is C21H22N4O4. The van der Waals surface area contributed by atoms with Gasteiger partial charge in [0, 0.05) is 32.1 Å². The maximum Gasteiger partial charge on any atom is 0.337 e. The predicted octanol–water partition coefficient (Wildman–Crippen LogP) is 2.32. The fraction of sp³-hybridized carbons (Fsp3) is 0.238. The lowest BCUT2D eigenvalue weighted by Gasteiger charge is -2.39. The van der Waals surface area contributed by atoms with Crippen LogP contribution in [-0.4, -0.2) is 52.4 Å². The summed E-state index contributed by atoms with van der Waals surface area (Å²) in [5.74, 6) is -0.987. The molecule has 0 saturated carbocycles. The minimum Gasteiger partial charge on any atom is -0.465 e. The van der Waals surface area contributed by atoms with E-state index in [1.54, 1.807) is 59.9 Å². The number of ether oxygens (including phenoxy) is 1. The molecule has 8 heteroatoms. The average Bonchev–Trinajstić information content (AvgIpc) is 2.75. The third kappa shape index (κ3) is 4.11. The zero-order valence-corrected chi connectivity index (χ0v) is 16.5. The Morgan fingerprint density at radius 3 is 2.48 bits per heavy atom. The minimum atomic E-state index is -0.920. The first-order valence-electron chi connectivity index (χ1n) is 9.13. The number of likely N-dealkylation sites (N-methyl/N-ethyl adjacent to an activating group) is 1. The predicted molar refractivity (Wildman–Crippen MR) is 107 cm³/mol. The number of amides is 2. The zero-order chi connectivity index (χ0) is 21.0. The number of hydrogen-bond donors (Lipinski definition) is 1. The highest BCUT2D eigenvalue weighted by molar-refractivity contribution is 5.98. The SMILES string of the molecule is CCN1C=C(c2ccc(C(=O)OC)cc2)N(C(C)=O)C(Nc2cccnc2)C1=O. The number of nitrogens with zero attached hydrogens (tertiary/aromatic N) is 3. The molecule has 1 aliphatic rings. The molecule has 2 aromatic rings. The standard InChI is InChI=1S/C21H22N4O4/c1-4-24-13-18(15-7-9-16(10-8-15)21(28)29-3)25(14(2)26)19(20(24)27)23-17-6-5-11-22-12-17/h5-13,19,23H,4H2,1-3H3. The molecule has 1 aromatic heterocycles. The molecule has 1 aliphatic heterocycles. The number of carbonyl (C=O) groups excluding carboxylic acids is 3. The number of carbonyl (C=O) groups is 3. The normalized spacial score (nSPS) is 16.3. The molecule has 1 aromatic carbocycles. The molecule has 0 aliphatic carbocycles. The van der Waals surface area contributed by atoms with Gasteiger partial charge in [0.1, 0.15) is 0 Å². The molecule has 0 fully saturated rings. The smallest absolute Gasteiger partial charge is 0.337 e. The second kappa shape index (κ2) is 8.55. The Bertz CT molecular complexity index is 941.